The van der Waals surface area contributed by atoms with E-state index in [1.807, 2.05) is 0 Å². The zero-order chi connectivity index (χ0) is 13.1. The van der Waals surface area contributed by atoms with Crippen molar-refractivity contribution in [1.29, 1.82) is 0 Å². The van der Waals surface area contributed by atoms with Crippen molar-refractivity contribution in [3.8, 4) is 0 Å². The van der Waals surface area contributed by atoms with Crippen molar-refractivity contribution in [3.05, 3.63) is 12.2 Å². The summed E-state index contributed by atoms with van der Waals surface area (Å²) >= 11 is 0. The van der Waals surface area contributed by atoms with Crippen molar-refractivity contribution in [3.63, 3.8) is 0 Å². The highest BCUT2D eigenvalue weighted by Crippen LogP contribution is 2.70. The molecule has 0 unspecified atom stereocenters. The lowest BCUT2D eigenvalue weighted by Gasteiger charge is -2.64. The number of carboxylic acids is 1. The molecule has 3 aliphatic carbocycles. The highest BCUT2D eigenvalue weighted by atomic mass is 19.1. The third kappa shape index (κ3) is 3.33. The second-order valence-electron chi connectivity index (χ2n) is 6.15. The molecule has 0 atom stereocenters. The number of rotatable bonds is 9. The minimum Gasteiger partial charge on any atom is -0.481 e. The number of carbonyl (C=O) groups is 1. The molecule has 0 aromatic rings. The number of carboxylic acid groups (broad SMARTS) is 1. The molecule has 102 valence electrons. The number of hydrogen-bond acceptors (Lipinski definition) is 1. The van der Waals surface area contributed by atoms with Crippen LogP contribution in [0.1, 0.15) is 64.2 Å². The van der Waals surface area contributed by atoms with Gasteiger partial charge in [-0.25, -0.2) is 4.39 Å². The van der Waals surface area contributed by atoms with E-state index in [4.69, 9.17) is 5.11 Å². The first-order valence-corrected chi connectivity index (χ1v) is 7.12. The lowest BCUT2D eigenvalue weighted by Crippen LogP contribution is -2.63. The molecule has 2 bridgehead atoms. The maximum absolute atomic E-state index is 13.2. The highest BCUT2D eigenvalue weighted by molar-refractivity contribution is 5.66. The first-order chi connectivity index (χ1) is 8.54. The second kappa shape index (κ2) is 5.41. The minimum atomic E-state index is -0.783. The van der Waals surface area contributed by atoms with Crippen LogP contribution in [0.2, 0.25) is 0 Å². The van der Waals surface area contributed by atoms with Gasteiger partial charge in [0, 0.05) is 6.42 Å². The normalized spacial score (nSPS) is 33.2. The molecule has 1 N–H and O–H groups in total. The number of aliphatic carboxylic acids is 1. The average molecular weight is 254 g/mol. The van der Waals surface area contributed by atoms with Gasteiger partial charge in [0.2, 0.25) is 0 Å². The molecular weight excluding hydrogens is 231 g/mol. The van der Waals surface area contributed by atoms with Crippen LogP contribution in [-0.4, -0.2) is 16.7 Å². The van der Waals surface area contributed by atoms with Gasteiger partial charge in [0.25, 0.3) is 0 Å². The van der Waals surface area contributed by atoms with Crippen molar-refractivity contribution in [1.82, 2.24) is 0 Å². The molecule has 0 aliphatic heterocycles. The van der Waals surface area contributed by atoms with Crippen LogP contribution in [0.5, 0.6) is 0 Å². The maximum Gasteiger partial charge on any atom is 0.303 e. The second-order valence-corrected chi connectivity index (χ2v) is 6.15. The SMILES string of the molecule is O=C(O)CCCCCCC/C=C/C12CC(F)(C1)C2. The van der Waals surface area contributed by atoms with Crippen molar-refractivity contribution in [2.24, 2.45) is 5.41 Å². The summed E-state index contributed by atoms with van der Waals surface area (Å²) in [6.45, 7) is 0. The lowest BCUT2D eigenvalue weighted by atomic mass is 9.42. The van der Waals surface area contributed by atoms with E-state index in [1.165, 1.54) is 12.8 Å². The summed E-state index contributed by atoms with van der Waals surface area (Å²) in [5.74, 6) is -0.692. The van der Waals surface area contributed by atoms with Gasteiger partial charge in [0.1, 0.15) is 5.67 Å². The Morgan fingerprint density at radius 2 is 1.72 bits per heavy atom. The van der Waals surface area contributed by atoms with Crippen LogP contribution in [0.15, 0.2) is 12.2 Å². The van der Waals surface area contributed by atoms with Gasteiger partial charge in [-0.3, -0.25) is 4.79 Å². The Bertz CT molecular complexity index is 316. The van der Waals surface area contributed by atoms with Crippen LogP contribution in [0.25, 0.3) is 0 Å². The molecular formula is C15H23FO2. The molecule has 3 aliphatic rings. The first-order valence-electron chi connectivity index (χ1n) is 7.12. The van der Waals surface area contributed by atoms with E-state index < -0.39 is 11.6 Å². The van der Waals surface area contributed by atoms with Gasteiger partial charge in [0.05, 0.1) is 0 Å². The molecule has 0 amide bonds. The van der Waals surface area contributed by atoms with Gasteiger partial charge >= 0.3 is 5.97 Å². The predicted molar refractivity (Wildman–Crippen MR) is 69.2 cm³/mol. The van der Waals surface area contributed by atoms with E-state index in [-0.39, 0.29) is 5.41 Å². The Morgan fingerprint density at radius 1 is 1.11 bits per heavy atom. The molecule has 0 aromatic heterocycles. The van der Waals surface area contributed by atoms with Crippen LogP contribution < -0.4 is 0 Å². The largest absolute Gasteiger partial charge is 0.481 e. The first kappa shape index (κ1) is 13.6. The Labute approximate surface area is 108 Å². The van der Waals surface area contributed by atoms with E-state index >= 15 is 0 Å². The van der Waals surface area contributed by atoms with E-state index in [0.717, 1.165) is 44.9 Å². The summed E-state index contributed by atoms with van der Waals surface area (Å²) in [5, 5.41) is 8.48. The maximum atomic E-state index is 13.2. The summed E-state index contributed by atoms with van der Waals surface area (Å²) in [4.78, 5) is 10.3. The number of alkyl halides is 1. The van der Waals surface area contributed by atoms with Crippen LogP contribution in [0.4, 0.5) is 4.39 Å². The fraction of sp³-hybridized carbons (Fsp3) is 0.800. The third-order valence-electron chi connectivity index (χ3n) is 4.24. The molecule has 0 aromatic carbocycles. The van der Waals surface area contributed by atoms with Crippen LogP contribution in [-0.2, 0) is 4.79 Å². The fourth-order valence-electron chi connectivity index (χ4n) is 3.32. The molecule has 3 rings (SSSR count). The summed E-state index contributed by atoms with van der Waals surface area (Å²) in [5.41, 5.74) is -0.537. The monoisotopic (exact) mass is 254 g/mol. The van der Waals surface area contributed by atoms with Crippen LogP contribution in [0.3, 0.4) is 0 Å². The number of unbranched alkanes of at least 4 members (excludes halogenated alkanes) is 5. The fourth-order valence-corrected chi connectivity index (χ4v) is 3.32. The number of allylic oxidation sites excluding steroid dienone is 2. The van der Waals surface area contributed by atoms with Crippen molar-refractivity contribution in [2.75, 3.05) is 0 Å². The Hall–Kier alpha value is -0.860. The van der Waals surface area contributed by atoms with Crippen molar-refractivity contribution < 1.29 is 14.3 Å². The van der Waals surface area contributed by atoms with Gasteiger partial charge in [-0.2, -0.15) is 0 Å². The molecule has 3 heteroatoms. The molecule has 18 heavy (non-hydrogen) atoms. The van der Waals surface area contributed by atoms with Crippen molar-refractivity contribution in [2.45, 2.75) is 69.9 Å². The topological polar surface area (TPSA) is 37.3 Å². The van der Waals surface area contributed by atoms with Crippen LogP contribution in [0, 0.1) is 5.41 Å². The lowest BCUT2D eigenvalue weighted by molar-refractivity contribution is -0.182. The zero-order valence-electron chi connectivity index (χ0n) is 11.0. The van der Waals surface area contributed by atoms with Gasteiger partial charge in [0.15, 0.2) is 0 Å². The summed E-state index contributed by atoms with van der Waals surface area (Å²) in [6.07, 6.45) is 13.4. The summed E-state index contributed by atoms with van der Waals surface area (Å²) < 4.78 is 13.2. The number of hydrogen-bond donors (Lipinski definition) is 1. The zero-order valence-corrected chi connectivity index (χ0v) is 11.0. The average Bonchev–Trinajstić information content (AvgIpc) is 2.22. The third-order valence-corrected chi connectivity index (χ3v) is 4.24. The predicted octanol–water partition coefficient (Wildman–Crippen LogP) is 4.25. The Kier molecular flexibility index (Phi) is 4.08. The molecule has 0 saturated heterocycles. The van der Waals surface area contributed by atoms with E-state index in [1.54, 1.807) is 0 Å². The Morgan fingerprint density at radius 3 is 2.33 bits per heavy atom. The molecule has 3 saturated carbocycles. The van der Waals surface area contributed by atoms with Gasteiger partial charge in [-0.05, 0) is 43.9 Å². The van der Waals surface area contributed by atoms with E-state index in [0.29, 0.717) is 6.42 Å². The van der Waals surface area contributed by atoms with Gasteiger partial charge in [-0.1, -0.05) is 31.4 Å². The van der Waals surface area contributed by atoms with Crippen molar-refractivity contribution >= 4 is 5.97 Å². The summed E-state index contributed by atoms with van der Waals surface area (Å²) in [6, 6.07) is 0. The standard InChI is InChI=1S/C15H23FO2/c16-15-10-14(11-15,12-15)9-7-5-3-1-2-4-6-8-13(17)18/h7,9H,1-6,8,10-12H2,(H,17,18)/b9-7+. The smallest absolute Gasteiger partial charge is 0.303 e. The molecule has 0 spiro atoms. The van der Waals surface area contributed by atoms with E-state index in [2.05, 4.69) is 12.2 Å². The Balaban J connectivity index is 1.40. The minimum absolute atomic E-state index is 0.246. The number of halogens is 1. The summed E-state index contributed by atoms with van der Waals surface area (Å²) in [7, 11) is 0. The molecule has 0 radical (unpaired) electrons. The van der Waals surface area contributed by atoms with Gasteiger partial charge in [-0.15, -0.1) is 0 Å². The van der Waals surface area contributed by atoms with Crippen LogP contribution >= 0.6 is 0 Å². The molecule has 2 nitrogen and oxygen atoms in total. The molecule has 0 heterocycles. The quantitative estimate of drug-likeness (QED) is 0.493. The molecule has 3 fully saturated rings. The highest BCUT2D eigenvalue weighted by Gasteiger charge is 2.67. The van der Waals surface area contributed by atoms with E-state index in [9.17, 15) is 9.18 Å². The van der Waals surface area contributed by atoms with Gasteiger partial charge < -0.3 is 5.11 Å².